The van der Waals surface area contributed by atoms with Crippen LogP contribution in [0.5, 0.6) is 0 Å². The van der Waals surface area contributed by atoms with Crippen LogP contribution < -0.4 is 0 Å². The lowest BCUT2D eigenvalue weighted by molar-refractivity contribution is -0.127. The molecule has 4 atom stereocenters. The first-order valence-electron chi connectivity index (χ1n) is 5.68. The van der Waals surface area contributed by atoms with E-state index in [4.69, 9.17) is 0 Å². The highest BCUT2D eigenvalue weighted by Crippen LogP contribution is 2.63. The van der Waals surface area contributed by atoms with Gasteiger partial charge in [-0.2, -0.15) is 0 Å². The lowest BCUT2D eigenvalue weighted by Crippen LogP contribution is -2.54. The van der Waals surface area contributed by atoms with Crippen LogP contribution in [0.15, 0.2) is 12.7 Å². The van der Waals surface area contributed by atoms with Crippen LogP contribution in [0.4, 0.5) is 0 Å². The van der Waals surface area contributed by atoms with Crippen LogP contribution in [0.2, 0.25) is 0 Å². The summed E-state index contributed by atoms with van der Waals surface area (Å²) >= 11 is 0. The molecule has 0 spiro atoms. The van der Waals surface area contributed by atoms with E-state index in [2.05, 4.69) is 33.4 Å². The van der Waals surface area contributed by atoms with Gasteiger partial charge in [0.2, 0.25) is 0 Å². The van der Waals surface area contributed by atoms with E-state index >= 15 is 0 Å². The van der Waals surface area contributed by atoms with Crippen molar-refractivity contribution in [3.05, 3.63) is 12.7 Å². The summed E-state index contributed by atoms with van der Waals surface area (Å²) < 4.78 is 0. The van der Waals surface area contributed by atoms with Gasteiger partial charge in [-0.15, -0.1) is 6.58 Å². The van der Waals surface area contributed by atoms with Gasteiger partial charge < -0.3 is 0 Å². The Bertz CT molecular complexity index is 214. The summed E-state index contributed by atoms with van der Waals surface area (Å²) in [6.07, 6.45) is 6.31. The number of rotatable bonds is 2. The van der Waals surface area contributed by atoms with Gasteiger partial charge in [0, 0.05) is 0 Å². The molecule has 3 rings (SSSR count). The summed E-state index contributed by atoms with van der Waals surface area (Å²) in [6, 6.07) is 0. The van der Waals surface area contributed by atoms with Crippen molar-refractivity contribution in [3.63, 3.8) is 0 Å². The molecule has 0 heterocycles. The molecule has 3 saturated carbocycles. The van der Waals surface area contributed by atoms with E-state index in [0.29, 0.717) is 5.41 Å². The predicted molar refractivity (Wildman–Crippen MR) is 57.5 cm³/mol. The number of hydrogen-bond donors (Lipinski definition) is 0. The molecule has 0 saturated heterocycles. The number of allylic oxidation sites excluding steroid dienone is 1. The van der Waals surface area contributed by atoms with Crippen molar-refractivity contribution >= 4 is 0 Å². The maximum absolute atomic E-state index is 3.87. The van der Waals surface area contributed by atoms with Crippen LogP contribution in [-0.4, -0.2) is 0 Å². The van der Waals surface area contributed by atoms with Crippen molar-refractivity contribution in [3.8, 4) is 0 Å². The van der Waals surface area contributed by atoms with Crippen molar-refractivity contribution in [2.75, 3.05) is 0 Å². The molecular weight excluding hydrogens is 156 g/mol. The van der Waals surface area contributed by atoms with Crippen molar-refractivity contribution in [2.24, 2.45) is 29.1 Å². The molecule has 0 heteroatoms. The molecule has 0 nitrogen and oxygen atoms in total. The fourth-order valence-corrected chi connectivity index (χ4v) is 3.78. The van der Waals surface area contributed by atoms with Crippen LogP contribution in [-0.2, 0) is 0 Å². The molecule has 0 radical (unpaired) electrons. The van der Waals surface area contributed by atoms with Gasteiger partial charge in [-0.3, -0.25) is 0 Å². The predicted octanol–water partition coefficient (Wildman–Crippen LogP) is 3.88. The summed E-state index contributed by atoms with van der Waals surface area (Å²) in [7, 11) is 0. The molecule has 0 aromatic heterocycles. The minimum absolute atomic E-state index is 0.650. The minimum atomic E-state index is 0.650. The Hall–Kier alpha value is -0.260. The molecule has 2 bridgehead atoms. The second-order valence-corrected chi connectivity index (χ2v) is 5.74. The van der Waals surface area contributed by atoms with Crippen LogP contribution >= 0.6 is 0 Å². The monoisotopic (exact) mass is 178 g/mol. The molecule has 3 aliphatic carbocycles. The second-order valence-electron chi connectivity index (χ2n) is 5.74. The Morgan fingerprint density at radius 2 is 2.08 bits per heavy atom. The quantitative estimate of drug-likeness (QED) is 0.563. The Kier molecular flexibility index (Phi) is 2.05. The van der Waals surface area contributed by atoms with Crippen molar-refractivity contribution < 1.29 is 0 Å². The first kappa shape index (κ1) is 9.30. The largest absolute Gasteiger partial charge is 0.103 e. The number of hydrogen-bond acceptors (Lipinski definition) is 0. The maximum Gasteiger partial charge on any atom is -0.0295 e. The lowest BCUT2D eigenvalue weighted by atomic mass is 9.43. The third-order valence-electron chi connectivity index (χ3n) is 4.98. The fraction of sp³-hybridized carbons (Fsp3) is 0.846. The summed E-state index contributed by atoms with van der Waals surface area (Å²) in [5.74, 6) is 3.88. The zero-order chi connectivity index (χ0) is 9.64. The first-order chi connectivity index (χ1) is 6.07. The van der Waals surface area contributed by atoms with Crippen LogP contribution in [0, 0.1) is 29.1 Å². The smallest absolute Gasteiger partial charge is 0.0295 e. The average Bonchev–Trinajstić information content (AvgIpc) is 2.08. The Morgan fingerprint density at radius 3 is 2.54 bits per heavy atom. The van der Waals surface area contributed by atoms with Gasteiger partial charge in [0.05, 0.1) is 0 Å². The summed E-state index contributed by atoms with van der Waals surface area (Å²) in [6.45, 7) is 11.2. The zero-order valence-electron chi connectivity index (χ0n) is 9.22. The first-order valence-corrected chi connectivity index (χ1v) is 5.68. The van der Waals surface area contributed by atoms with Crippen LogP contribution in [0.25, 0.3) is 0 Å². The fourth-order valence-electron chi connectivity index (χ4n) is 3.78. The second kappa shape index (κ2) is 2.87. The third-order valence-corrected chi connectivity index (χ3v) is 4.98. The van der Waals surface area contributed by atoms with Gasteiger partial charge in [-0.25, -0.2) is 0 Å². The van der Waals surface area contributed by atoms with E-state index in [1.165, 1.54) is 19.3 Å². The summed E-state index contributed by atoms with van der Waals surface area (Å²) in [5.41, 5.74) is 0.650. The van der Waals surface area contributed by atoms with Crippen molar-refractivity contribution in [2.45, 2.75) is 40.0 Å². The molecule has 0 aliphatic heterocycles. The van der Waals surface area contributed by atoms with E-state index in [1.807, 2.05) is 0 Å². The van der Waals surface area contributed by atoms with E-state index in [1.54, 1.807) is 0 Å². The summed E-state index contributed by atoms with van der Waals surface area (Å²) in [5, 5.41) is 0. The van der Waals surface area contributed by atoms with E-state index in [0.717, 1.165) is 23.7 Å². The Labute approximate surface area is 82.4 Å². The molecule has 0 aromatic rings. The van der Waals surface area contributed by atoms with Crippen molar-refractivity contribution in [1.82, 2.24) is 0 Å². The van der Waals surface area contributed by atoms with E-state index in [-0.39, 0.29) is 0 Å². The molecule has 0 N–H and O–H groups in total. The molecular formula is C13H22. The molecule has 4 unspecified atom stereocenters. The highest BCUT2D eigenvalue weighted by Gasteiger charge is 2.55. The normalized spacial score (nSPS) is 46.7. The highest BCUT2D eigenvalue weighted by molar-refractivity contribution is 5.05. The SMILES string of the molecule is C=CCC1CC2CC(C1C)C2(C)C. The van der Waals surface area contributed by atoms with Gasteiger partial charge in [0.25, 0.3) is 0 Å². The zero-order valence-corrected chi connectivity index (χ0v) is 9.22. The highest BCUT2D eigenvalue weighted by atomic mass is 14.6. The Morgan fingerprint density at radius 1 is 1.38 bits per heavy atom. The maximum atomic E-state index is 3.87. The standard InChI is InChI=1S/C13H22/c1-5-6-10-7-11-8-12(9(10)2)13(11,3)4/h5,9-12H,1,6-8H2,2-4H3. The van der Waals surface area contributed by atoms with Gasteiger partial charge in [0.15, 0.2) is 0 Å². The topological polar surface area (TPSA) is 0 Å². The molecule has 3 fully saturated rings. The van der Waals surface area contributed by atoms with Gasteiger partial charge in [-0.05, 0) is 48.3 Å². The molecule has 13 heavy (non-hydrogen) atoms. The number of fused-ring (bicyclic) bond motifs is 2. The van der Waals surface area contributed by atoms with Crippen molar-refractivity contribution in [1.29, 1.82) is 0 Å². The average molecular weight is 178 g/mol. The van der Waals surface area contributed by atoms with Crippen LogP contribution in [0.3, 0.4) is 0 Å². The van der Waals surface area contributed by atoms with Gasteiger partial charge >= 0.3 is 0 Å². The Balaban J connectivity index is 2.07. The molecule has 74 valence electrons. The third kappa shape index (κ3) is 1.18. The minimum Gasteiger partial charge on any atom is -0.103 e. The molecule has 0 amide bonds. The molecule has 3 aliphatic rings. The van der Waals surface area contributed by atoms with E-state index in [9.17, 15) is 0 Å². The van der Waals surface area contributed by atoms with Gasteiger partial charge in [0.1, 0.15) is 0 Å². The van der Waals surface area contributed by atoms with Gasteiger partial charge in [-0.1, -0.05) is 26.8 Å². The van der Waals surface area contributed by atoms with E-state index < -0.39 is 0 Å². The van der Waals surface area contributed by atoms with Crippen LogP contribution in [0.1, 0.15) is 40.0 Å². The summed E-state index contributed by atoms with van der Waals surface area (Å²) in [4.78, 5) is 0. The lowest BCUT2D eigenvalue weighted by Gasteiger charge is -2.62. The molecule has 0 aromatic carbocycles.